The third kappa shape index (κ3) is 4.76. The molecule has 0 radical (unpaired) electrons. The topological polar surface area (TPSA) is 64.7 Å². The fourth-order valence-corrected chi connectivity index (χ4v) is 4.97. The van der Waals surface area contributed by atoms with E-state index in [0.29, 0.717) is 30.6 Å². The molecule has 29 heavy (non-hydrogen) atoms. The molecule has 0 saturated carbocycles. The molecule has 0 bridgehead atoms. The van der Waals surface area contributed by atoms with Crippen LogP contribution in [0.1, 0.15) is 50.1 Å². The molecule has 0 aromatic heterocycles. The van der Waals surface area contributed by atoms with Gasteiger partial charge < -0.3 is 9.80 Å². The number of nitrogens with one attached hydrogen (secondary N) is 2. The molecule has 2 amide bonds. The van der Waals surface area contributed by atoms with Gasteiger partial charge in [0.1, 0.15) is 0 Å². The molecule has 0 aliphatic carbocycles. The van der Waals surface area contributed by atoms with Gasteiger partial charge in [0.15, 0.2) is 0 Å². The van der Waals surface area contributed by atoms with Crippen molar-refractivity contribution in [2.45, 2.75) is 44.6 Å². The van der Waals surface area contributed by atoms with Crippen LogP contribution < -0.4 is 10.9 Å². The molecule has 3 fully saturated rings. The zero-order valence-electron chi connectivity index (χ0n) is 16.9. The van der Waals surface area contributed by atoms with Crippen molar-refractivity contribution < 1.29 is 9.59 Å². The van der Waals surface area contributed by atoms with E-state index in [-0.39, 0.29) is 23.8 Å². The highest BCUT2D eigenvalue weighted by atomic mass is 35.5. The number of carbonyl (C=O) groups is 2. The van der Waals surface area contributed by atoms with Crippen molar-refractivity contribution >= 4 is 23.4 Å². The van der Waals surface area contributed by atoms with Crippen LogP contribution in [0.25, 0.3) is 0 Å². The third-order valence-corrected chi connectivity index (χ3v) is 6.85. The van der Waals surface area contributed by atoms with Gasteiger partial charge in [0.05, 0.1) is 12.0 Å². The summed E-state index contributed by atoms with van der Waals surface area (Å²) in [5.41, 5.74) is 7.44. The summed E-state index contributed by atoms with van der Waals surface area (Å²) in [5, 5.41) is 0.693. The summed E-state index contributed by atoms with van der Waals surface area (Å²) in [5.74, 6) is 0.406. The van der Waals surface area contributed by atoms with Gasteiger partial charge in [-0.25, -0.2) is 5.43 Å². The average Bonchev–Trinajstić information content (AvgIpc) is 3.08. The van der Waals surface area contributed by atoms with Crippen LogP contribution in [0.3, 0.4) is 0 Å². The molecular weight excluding hydrogens is 388 g/mol. The summed E-state index contributed by atoms with van der Waals surface area (Å²) in [6.07, 6.45) is 6.26. The summed E-state index contributed by atoms with van der Waals surface area (Å²) >= 11 is 6.00. The minimum Gasteiger partial charge on any atom is -0.342 e. The Morgan fingerprint density at radius 1 is 0.862 bits per heavy atom. The molecular formula is C22H31ClN4O2. The van der Waals surface area contributed by atoms with Crippen LogP contribution in [-0.2, 0) is 9.59 Å². The van der Waals surface area contributed by atoms with Gasteiger partial charge >= 0.3 is 0 Å². The normalized spacial score (nSPS) is 26.4. The second-order valence-corrected chi connectivity index (χ2v) is 8.94. The zero-order chi connectivity index (χ0) is 20.2. The molecule has 1 aromatic rings. The molecule has 3 saturated heterocycles. The molecule has 3 heterocycles. The molecule has 2 atom stereocenters. The van der Waals surface area contributed by atoms with Crippen LogP contribution in [0.15, 0.2) is 24.3 Å². The van der Waals surface area contributed by atoms with E-state index in [4.69, 9.17) is 11.6 Å². The number of likely N-dealkylation sites (tertiary alicyclic amines) is 2. The number of hydrogen-bond donors (Lipinski definition) is 2. The number of rotatable bonds is 3. The smallest absolute Gasteiger partial charge is 0.229 e. The predicted octanol–water partition coefficient (Wildman–Crippen LogP) is 2.75. The van der Waals surface area contributed by atoms with Crippen LogP contribution in [0.5, 0.6) is 0 Å². The van der Waals surface area contributed by atoms with Gasteiger partial charge in [0.25, 0.3) is 0 Å². The minimum absolute atomic E-state index is 0.0591. The maximum atomic E-state index is 13.2. The Balaban J connectivity index is 1.33. The van der Waals surface area contributed by atoms with Crippen LogP contribution in [0.2, 0.25) is 5.02 Å². The van der Waals surface area contributed by atoms with Crippen molar-refractivity contribution in [2.75, 3.05) is 32.7 Å². The summed E-state index contributed by atoms with van der Waals surface area (Å²) in [4.78, 5) is 30.1. The number of piperidine rings is 1. The van der Waals surface area contributed by atoms with Crippen molar-refractivity contribution in [3.05, 3.63) is 34.9 Å². The molecule has 2 unspecified atom stereocenters. The number of carbonyl (C=O) groups excluding carboxylic acids is 2. The van der Waals surface area contributed by atoms with Gasteiger partial charge in [-0.1, -0.05) is 36.6 Å². The summed E-state index contributed by atoms with van der Waals surface area (Å²) < 4.78 is 0. The van der Waals surface area contributed by atoms with Crippen molar-refractivity contribution in [3.8, 4) is 0 Å². The standard InChI is InChI=1S/C22H31ClN4O2/c23-18-7-5-16(6-8-18)20-19(15-24-25-20)22(29)27-13-9-17(10-14-27)21(28)26-11-3-1-2-4-12-26/h5-8,17,19-20,24-25H,1-4,9-15H2. The Morgan fingerprint density at radius 3 is 2.14 bits per heavy atom. The van der Waals surface area contributed by atoms with E-state index in [1.165, 1.54) is 12.8 Å². The molecule has 2 N–H and O–H groups in total. The molecule has 1 aromatic carbocycles. The summed E-state index contributed by atoms with van der Waals surface area (Å²) in [6.45, 7) is 3.76. The highest BCUT2D eigenvalue weighted by molar-refractivity contribution is 6.30. The number of benzene rings is 1. The van der Waals surface area contributed by atoms with Crippen LogP contribution in [-0.4, -0.2) is 54.3 Å². The molecule has 158 valence electrons. The Morgan fingerprint density at radius 2 is 1.48 bits per heavy atom. The fraction of sp³-hybridized carbons (Fsp3) is 0.636. The van der Waals surface area contributed by atoms with Crippen molar-refractivity contribution in [2.24, 2.45) is 11.8 Å². The highest BCUT2D eigenvalue weighted by Crippen LogP contribution is 2.29. The lowest BCUT2D eigenvalue weighted by Crippen LogP contribution is -2.47. The lowest BCUT2D eigenvalue weighted by Gasteiger charge is -2.35. The lowest BCUT2D eigenvalue weighted by atomic mass is 9.91. The Kier molecular flexibility index (Phi) is 6.73. The number of hydrazine groups is 1. The van der Waals surface area contributed by atoms with Gasteiger partial charge in [0, 0.05) is 43.7 Å². The van der Waals surface area contributed by atoms with E-state index >= 15 is 0 Å². The number of nitrogens with zero attached hydrogens (tertiary/aromatic N) is 2. The average molecular weight is 419 g/mol. The van der Waals surface area contributed by atoms with Crippen molar-refractivity contribution in [1.29, 1.82) is 0 Å². The van der Waals surface area contributed by atoms with Gasteiger partial charge in [-0.15, -0.1) is 0 Å². The van der Waals surface area contributed by atoms with Gasteiger partial charge in [-0.2, -0.15) is 0 Å². The van der Waals surface area contributed by atoms with Crippen molar-refractivity contribution in [3.63, 3.8) is 0 Å². The monoisotopic (exact) mass is 418 g/mol. The summed E-state index contributed by atoms with van der Waals surface area (Å²) in [6, 6.07) is 7.60. The summed E-state index contributed by atoms with van der Waals surface area (Å²) in [7, 11) is 0. The number of halogens is 1. The Labute approximate surface area is 177 Å². The maximum Gasteiger partial charge on any atom is 0.229 e. The Hall–Kier alpha value is -1.63. The molecule has 4 rings (SSSR count). The first-order valence-corrected chi connectivity index (χ1v) is 11.3. The van der Waals surface area contributed by atoms with E-state index < -0.39 is 0 Å². The second-order valence-electron chi connectivity index (χ2n) is 8.50. The van der Waals surface area contributed by atoms with E-state index in [1.54, 1.807) is 0 Å². The molecule has 3 aliphatic rings. The first kappa shape index (κ1) is 20.6. The van der Waals surface area contributed by atoms with Crippen LogP contribution in [0.4, 0.5) is 0 Å². The van der Waals surface area contributed by atoms with Gasteiger partial charge in [-0.3, -0.25) is 15.0 Å². The molecule has 3 aliphatic heterocycles. The fourth-order valence-electron chi connectivity index (χ4n) is 4.84. The second kappa shape index (κ2) is 9.45. The SMILES string of the molecule is O=C(C1CCN(C(=O)C2CNNC2c2ccc(Cl)cc2)CC1)N1CCCCCC1. The first-order chi connectivity index (χ1) is 14.1. The highest BCUT2D eigenvalue weighted by Gasteiger charge is 2.38. The molecule has 7 heteroatoms. The van der Waals surface area contributed by atoms with E-state index in [9.17, 15) is 9.59 Å². The number of amides is 2. The van der Waals surface area contributed by atoms with Crippen LogP contribution >= 0.6 is 11.6 Å². The first-order valence-electron chi connectivity index (χ1n) is 10.9. The van der Waals surface area contributed by atoms with Crippen molar-refractivity contribution in [1.82, 2.24) is 20.7 Å². The van der Waals surface area contributed by atoms with Gasteiger partial charge in [0.2, 0.25) is 11.8 Å². The lowest BCUT2D eigenvalue weighted by molar-refractivity contribution is -0.142. The van der Waals surface area contributed by atoms with Crippen LogP contribution in [0, 0.1) is 11.8 Å². The minimum atomic E-state index is -0.144. The largest absolute Gasteiger partial charge is 0.342 e. The Bertz CT molecular complexity index is 710. The van der Waals surface area contributed by atoms with E-state index in [1.807, 2.05) is 29.2 Å². The molecule has 0 spiro atoms. The van der Waals surface area contributed by atoms with E-state index in [0.717, 1.165) is 44.3 Å². The predicted molar refractivity (Wildman–Crippen MR) is 113 cm³/mol. The number of hydrogen-bond acceptors (Lipinski definition) is 4. The quantitative estimate of drug-likeness (QED) is 0.792. The van der Waals surface area contributed by atoms with E-state index in [2.05, 4.69) is 15.8 Å². The van der Waals surface area contributed by atoms with Gasteiger partial charge in [-0.05, 0) is 43.4 Å². The third-order valence-electron chi connectivity index (χ3n) is 6.60. The maximum absolute atomic E-state index is 13.2. The zero-order valence-corrected chi connectivity index (χ0v) is 17.7. The molecule has 6 nitrogen and oxygen atoms in total.